The van der Waals surface area contributed by atoms with Crippen LogP contribution in [0.3, 0.4) is 0 Å². The highest BCUT2D eigenvalue weighted by molar-refractivity contribution is 6.76. The number of alkyl halides is 2. The van der Waals surface area contributed by atoms with Gasteiger partial charge in [-0.1, -0.05) is 19.6 Å². The quantitative estimate of drug-likeness (QED) is 0.376. The van der Waals surface area contributed by atoms with Crippen LogP contribution in [0.1, 0.15) is 36.0 Å². The lowest BCUT2D eigenvalue weighted by Crippen LogP contribution is -2.50. The molecule has 0 aromatic carbocycles. The Morgan fingerprint density at radius 2 is 1.97 bits per heavy atom. The number of anilines is 1. The molecule has 4 rings (SSSR count). The van der Waals surface area contributed by atoms with Crippen LogP contribution in [-0.2, 0) is 11.5 Å². The van der Waals surface area contributed by atoms with Crippen molar-refractivity contribution in [2.24, 2.45) is 5.92 Å². The van der Waals surface area contributed by atoms with E-state index in [1.54, 1.807) is 11.1 Å². The predicted octanol–water partition coefficient (Wildman–Crippen LogP) is 4.61. The molecule has 1 aliphatic heterocycles. The Kier molecular flexibility index (Phi) is 8.12. The van der Waals surface area contributed by atoms with Gasteiger partial charge in [0.1, 0.15) is 12.4 Å². The number of carbonyl (C=O) groups is 1. The zero-order valence-electron chi connectivity index (χ0n) is 21.4. The molecule has 1 aliphatic carbocycles. The third-order valence-electron chi connectivity index (χ3n) is 7.20. The molecule has 194 valence electrons. The first-order valence-electron chi connectivity index (χ1n) is 12.7. The molecule has 7 nitrogen and oxygen atoms in total. The second-order valence-electron chi connectivity index (χ2n) is 11.2. The maximum atomic E-state index is 13.0. The lowest BCUT2D eigenvalue weighted by molar-refractivity contribution is 0.0774. The normalized spacial score (nSPS) is 21.3. The van der Waals surface area contributed by atoms with Crippen LogP contribution in [0.4, 0.5) is 14.5 Å². The Hall–Kier alpha value is -2.04. The van der Waals surface area contributed by atoms with Gasteiger partial charge in [0.25, 0.3) is 12.3 Å². The van der Waals surface area contributed by atoms with Crippen LogP contribution < -0.4 is 10.2 Å². The van der Waals surface area contributed by atoms with Gasteiger partial charge in [-0.15, -0.1) is 0 Å². The molecule has 0 spiro atoms. The Labute approximate surface area is 207 Å². The third-order valence-corrected chi connectivity index (χ3v) is 8.91. The smallest absolute Gasteiger partial charge is 0.258 e. The fourth-order valence-electron chi connectivity index (χ4n) is 5.16. The minimum atomic E-state index is -2.31. The molecule has 2 aromatic heterocycles. The number of pyridine rings is 1. The highest BCUT2D eigenvalue weighted by Gasteiger charge is 2.35. The van der Waals surface area contributed by atoms with Gasteiger partial charge in [-0.3, -0.25) is 4.79 Å². The van der Waals surface area contributed by atoms with E-state index in [1.165, 1.54) is 0 Å². The van der Waals surface area contributed by atoms with E-state index < -0.39 is 14.5 Å². The minimum Gasteiger partial charge on any atom is -0.361 e. The SMILES string of the molecule is CN1CN([C@H]2CC[C@H](CNCC(F)F)CC2)c2c(cnc3c2ccn3COCC[Si](C)(C)C)C1=O. The standard InChI is InChI=1S/C25H39F2N5O2Si/c1-30-16-32(19-7-5-18(6-8-19)13-28-15-22(26)27)23-20-9-10-31(17-34-11-12-35(2,3)4)24(20)29-14-21(23)25(30)33/h9-10,14,18-19,22,28H,5-8,11-13,15-17H2,1-4H3/t18-,19-. The molecule has 3 heterocycles. The Morgan fingerprint density at radius 3 is 2.66 bits per heavy atom. The Bertz CT molecular complexity index is 1020. The van der Waals surface area contributed by atoms with E-state index in [4.69, 9.17) is 4.74 Å². The largest absolute Gasteiger partial charge is 0.361 e. The number of rotatable bonds is 10. The van der Waals surface area contributed by atoms with Crippen molar-refractivity contribution in [3.63, 3.8) is 0 Å². The number of hydrogen-bond donors (Lipinski definition) is 1. The third kappa shape index (κ3) is 6.21. The van der Waals surface area contributed by atoms with Crippen molar-refractivity contribution < 1.29 is 18.3 Å². The number of hydrogen-bond acceptors (Lipinski definition) is 5. The van der Waals surface area contributed by atoms with Crippen LogP contribution in [0, 0.1) is 5.92 Å². The van der Waals surface area contributed by atoms with E-state index in [2.05, 4.69) is 40.9 Å². The van der Waals surface area contributed by atoms with Crippen molar-refractivity contribution in [2.75, 3.05) is 38.3 Å². The van der Waals surface area contributed by atoms with Gasteiger partial charge in [0.05, 0.1) is 24.5 Å². The van der Waals surface area contributed by atoms with E-state index in [1.807, 2.05) is 17.8 Å². The first-order valence-corrected chi connectivity index (χ1v) is 16.4. The average Bonchev–Trinajstić information content (AvgIpc) is 3.22. The van der Waals surface area contributed by atoms with E-state index in [0.717, 1.165) is 55.1 Å². The molecule has 0 saturated heterocycles. The molecule has 2 aromatic rings. The van der Waals surface area contributed by atoms with E-state index >= 15 is 0 Å². The Balaban J connectivity index is 1.50. The van der Waals surface area contributed by atoms with Crippen molar-refractivity contribution >= 4 is 30.7 Å². The second-order valence-corrected chi connectivity index (χ2v) is 16.9. The fourth-order valence-corrected chi connectivity index (χ4v) is 5.92. The average molecular weight is 508 g/mol. The first-order chi connectivity index (χ1) is 16.6. The summed E-state index contributed by atoms with van der Waals surface area (Å²) < 4.78 is 32.9. The monoisotopic (exact) mass is 507 g/mol. The predicted molar refractivity (Wildman–Crippen MR) is 138 cm³/mol. The highest BCUT2D eigenvalue weighted by atomic mass is 28.3. The van der Waals surface area contributed by atoms with Crippen LogP contribution >= 0.6 is 0 Å². The molecule has 1 saturated carbocycles. The van der Waals surface area contributed by atoms with Crippen molar-refractivity contribution in [3.05, 3.63) is 24.0 Å². The van der Waals surface area contributed by atoms with Crippen molar-refractivity contribution in [2.45, 2.75) is 70.6 Å². The van der Waals surface area contributed by atoms with E-state index in [0.29, 0.717) is 37.5 Å². The van der Waals surface area contributed by atoms with Crippen LogP contribution in [-0.4, -0.2) is 74.3 Å². The lowest BCUT2D eigenvalue weighted by atomic mass is 9.84. The molecule has 2 aliphatic rings. The van der Waals surface area contributed by atoms with Gasteiger partial charge < -0.3 is 24.4 Å². The summed E-state index contributed by atoms with van der Waals surface area (Å²) in [7, 11) is 0.684. The second kappa shape index (κ2) is 10.9. The number of amides is 1. The molecule has 0 atom stereocenters. The number of carbonyl (C=O) groups excluding carboxylic acids is 1. The Morgan fingerprint density at radius 1 is 1.23 bits per heavy atom. The maximum absolute atomic E-state index is 13.0. The van der Waals surface area contributed by atoms with Crippen molar-refractivity contribution in [1.29, 1.82) is 0 Å². The summed E-state index contributed by atoms with van der Waals surface area (Å²) in [6.07, 6.45) is 5.34. The van der Waals surface area contributed by atoms with Gasteiger partial charge in [0.2, 0.25) is 0 Å². The molecule has 0 bridgehead atoms. The molecular weight excluding hydrogens is 468 g/mol. The number of aromatic nitrogens is 2. The summed E-state index contributed by atoms with van der Waals surface area (Å²) in [6.45, 7) is 9.15. The van der Waals surface area contributed by atoms with Crippen molar-refractivity contribution in [3.8, 4) is 0 Å². The summed E-state index contributed by atoms with van der Waals surface area (Å²) in [5, 5.41) is 3.88. The molecule has 1 fully saturated rings. The van der Waals surface area contributed by atoms with Gasteiger partial charge in [-0.25, -0.2) is 13.8 Å². The fraction of sp³-hybridized carbons (Fsp3) is 0.680. The minimum absolute atomic E-state index is 0.00493. The molecule has 0 unspecified atom stereocenters. The van der Waals surface area contributed by atoms with Crippen LogP contribution in [0.25, 0.3) is 11.0 Å². The van der Waals surface area contributed by atoms with Gasteiger partial charge in [-0.05, 0) is 50.3 Å². The maximum Gasteiger partial charge on any atom is 0.258 e. The van der Waals surface area contributed by atoms with Crippen LogP contribution in [0.5, 0.6) is 0 Å². The first kappa shape index (κ1) is 26.0. The van der Waals surface area contributed by atoms with Crippen LogP contribution in [0.2, 0.25) is 25.7 Å². The zero-order chi connectivity index (χ0) is 25.2. The topological polar surface area (TPSA) is 62.6 Å². The summed E-state index contributed by atoms with van der Waals surface area (Å²) in [6, 6.07) is 3.47. The molecule has 0 radical (unpaired) electrons. The summed E-state index contributed by atoms with van der Waals surface area (Å²) in [5.41, 5.74) is 2.45. The summed E-state index contributed by atoms with van der Waals surface area (Å²) in [5.74, 6) is 0.412. The zero-order valence-corrected chi connectivity index (χ0v) is 22.4. The van der Waals surface area contributed by atoms with Gasteiger partial charge >= 0.3 is 0 Å². The molecular formula is C25H39F2N5O2Si. The summed E-state index contributed by atoms with van der Waals surface area (Å²) in [4.78, 5) is 21.8. The molecule has 10 heteroatoms. The molecule has 1 N–H and O–H groups in total. The van der Waals surface area contributed by atoms with Gasteiger partial charge in [0.15, 0.2) is 0 Å². The summed E-state index contributed by atoms with van der Waals surface area (Å²) >= 11 is 0. The number of nitrogens with one attached hydrogen (secondary N) is 1. The molecule has 1 amide bonds. The number of fused-ring (bicyclic) bond motifs is 3. The number of halogens is 2. The van der Waals surface area contributed by atoms with Crippen LogP contribution in [0.15, 0.2) is 18.5 Å². The lowest BCUT2D eigenvalue weighted by Gasteiger charge is -2.44. The van der Waals surface area contributed by atoms with Gasteiger partial charge in [0, 0.05) is 45.6 Å². The molecule has 35 heavy (non-hydrogen) atoms. The number of nitrogens with zero attached hydrogens (tertiary/aromatic N) is 4. The van der Waals surface area contributed by atoms with Crippen molar-refractivity contribution in [1.82, 2.24) is 19.8 Å². The highest BCUT2D eigenvalue weighted by Crippen LogP contribution is 2.39. The van der Waals surface area contributed by atoms with E-state index in [9.17, 15) is 13.6 Å². The number of ether oxygens (including phenoxy) is 1. The van der Waals surface area contributed by atoms with Gasteiger partial charge in [-0.2, -0.15) is 0 Å². The van der Waals surface area contributed by atoms with E-state index in [-0.39, 0.29) is 12.5 Å².